The van der Waals surface area contributed by atoms with Gasteiger partial charge in [0.05, 0.1) is 18.6 Å². The fraction of sp³-hybridized carbons (Fsp3) is 0.500. The summed E-state index contributed by atoms with van der Waals surface area (Å²) >= 11 is 0. The van der Waals surface area contributed by atoms with Crippen molar-refractivity contribution in [3.8, 4) is 28.1 Å². The van der Waals surface area contributed by atoms with Crippen molar-refractivity contribution in [3.63, 3.8) is 0 Å². The average Bonchev–Trinajstić information content (AvgIpc) is 3.38. The van der Waals surface area contributed by atoms with E-state index in [1.807, 2.05) is 23.1 Å². The number of rotatable bonds is 9. The molecule has 0 atom stereocenters. The molecule has 9 nitrogen and oxygen atoms in total. The van der Waals surface area contributed by atoms with Crippen molar-refractivity contribution < 1.29 is 14.3 Å². The van der Waals surface area contributed by atoms with E-state index in [0.29, 0.717) is 55.8 Å². The van der Waals surface area contributed by atoms with Crippen LogP contribution in [0, 0.1) is 0 Å². The lowest BCUT2D eigenvalue weighted by Crippen LogP contribution is -2.66. The van der Waals surface area contributed by atoms with Gasteiger partial charge < -0.3 is 20.6 Å². The molecule has 1 saturated heterocycles. The SMILES string of the molecule is CC1(C)CC(N(CCCF)c2ccc(-c3ccc(-c4cn[nH]c4)cc3O)nn2)CC(C)(C)N1C(=O)CCN. The van der Waals surface area contributed by atoms with E-state index in [4.69, 9.17) is 5.73 Å². The topological polar surface area (TPSA) is 124 Å². The number of benzene rings is 1. The van der Waals surface area contributed by atoms with Crippen LogP contribution < -0.4 is 10.6 Å². The molecule has 1 aliphatic rings. The number of carbonyl (C=O) groups excluding carboxylic acids is 1. The van der Waals surface area contributed by atoms with Gasteiger partial charge >= 0.3 is 0 Å². The first kappa shape index (κ1) is 27.5. The van der Waals surface area contributed by atoms with Gasteiger partial charge in [-0.15, -0.1) is 10.2 Å². The lowest BCUT2D eigenvalue weighted by molar-refractivity contribution is -0.149. The molecule has 3 heterocycles. The average molecular weight is 524 g/mol. The first-order valence-electron chi connectivity index (χ1n) is 13.1. The maximum Gasteiger partial charge on any atom is 0.224 e. The van der Waals surface area contributed by atoms with Gasteiger partial charge in [-0.25, -0.2) is 0 Å². The van der Waals surface area contributed by atoms with E-state index in [9.17, 15) is 14.3 Å². The number of phenols is 1. The van der Waals surface area contributed by atoms with Gasteiger partial charge in [0.15, 0.2) is 5.82 Å². The number of alkyl halides is 1. The Morgan fingerprint density at radius 1 is 1.16 bits per heavy atom. The van der Waals surface area contributed by atoms with Crippen LogP contribution in [0.4, 0.5) is 10.2 Å². The molecule has 0 radical (unpaired) electrons. The molecule has 3 aromatic rings. The number of hydrogen-bond acceptors (Lipinski definition) is 7. The lowest BCUT2D eigenvalue weighted by atomic mass is 9.76. The van der Waals surface area contributed by atoms with Gasteiger partial charge in [0.2, 0.25) is 5.91 Å². The normalized spacial score (nSPS) is 16.9. The number of amides is 1. The zero-order chi connectivity index (χ0) is 27.5. The lowest BCUT2D eigenvalue weighted by Gasteiger charge is -2.57. The second-order valence-corrected chi connectivity index (χ2v) is 11.2. The quantitative estimate of drug-likeness (QED) is 0.382. The second-order valence-electron chi connectivity index (χ2n) is 11.2. The van der Waals surface area contributed by atoms with Gasteiger partial charge in [0.1, 0.15) is 5.75 Å². The van der Waals surface area contributed by atoms with Crippen molar-refractivity contribution in [2.75, 3.05) is 24.7 Å². The number of likely N-dealkylation sites (tertiary alicyclic amines) is 1. The van der Waals surface area contributed by atoms with Crippen molar-refractivity contribution >= 4 is 11.7 Å². The molecule has 0 bridgehead atoms. The molecule has 1 aliphatic heterocycles. The number of carbonyl (C=O) groups is 1. The number of nitrogens with one attached hydrogen (secondary N) is 1. The fourth-order valence-corrected chi connectivity index (χ4v) is 6.03. The molecule has 204 valence electrons. The van der Waals surface area contributed by atoms with Gasteiger partial charge in [-0.2, -0.15) is 5.10 Å². The van der Waals surface area contributed by atoms with E-state index in [-0.39, 0.29) is 17.7 Å². The van der Waals surface area contributed by atoms with E-state index < -0.39 is 17.8 Å². The van der Waals surface area contributed by atoms with Crippen LogP contribution in [-0.4, -0.2) is 73.2 Å². The first-order valence-corrected chi connectivity index (χ1v) is 13.1. The molecule has 0 aliphatic carbocycles. The van der Waals surface area contributed by atoms with Crippen molar-refractivity contribution in [1.29, 1.82) is 0 Å². The van der Waals surface area contributed by atoms with E-state index in [0.717, 1.165) is 11.1 Å². The van der Waals surface area contributed by atoms with Crippen LogP contribution in [-0.2, 0) is 4.79 Å². The smallest absolute Gasteiger partial charge is 0.224 e. The molecule has 38 heavy (non-hydrogen) atoms. The molecule has 4 N–H and O–H groups in total. The Morgan fingerprint density at radius 3 is 2.45 bits per heavy atom. The molecule has 1 fully saturated rings. The molecular formula is C28H38FN7O2. The number of anilines is 1. The van der Waals surface area contributed by atoms with Gasteiger partial charge in [0, 0.05) is 54.0 Å². The predicted octanol–water partition coefficient (Wildman–Crippen LogP) is 4.30. The summed E-state index contributed by atoms with van der Waals surface area (Å²) in [5.41, 5.74) is 7.68. The summed E-state index contributed by atoms with van der Waals surface area (Å²) in [5, 5.41) is 26.3. The number of piperidine rings is 1. The monoisotopic (exact) mass is 523 g/mol. The molecule has 0 spiro atoms. The van der Waals surface area contributed by atoms with E-state index in [1.165, 1.54) is 0 Å². The number of nitrogens with zero attached hydrogens (tertiary/aromatic N) is 5. The van der Waals surface area contributed by atoms with Crippen molar-refractivity contribution in [3.05, 3.63) is 42.7 Å². The van der Waals surface area contributed by atoms with Crippen molar-refractivity contribution in [2.24, 2.45) is 5.73 Å². The maximum atomic E-state index is 13.3. The minimum absolute atomic E-state index is 0.0382. The van der Waals surface area contributed by atoms with Crippen LogP contribution in [0.5, 0.6) is 5.75 Å². The Labute approximate surface area is 223 Å². The van der Waals surface area contributed by atoms with Crippen LogP contribution in [0.1, 0.15) is 53.4 Å². The maximum absolute atomic E-state index is 13.3. The Kier molecular flexibility index (Phi) is 8.01. The third-order valence-electron chi connectivity index (χ3n) is 7.31. The van der Waals surface area contributed by atoms with E-state index >= 15 is 0 Å². The van der Waals surface area contributed by atoms with E-state index in [1.54, 1.807) is 24.5 Å². The minimum Gasteiger partial charge on any atom is -0.507 e. The number of H-pyrrole nitrogens is 1. The third kappa shape index (κ3) is 5.65. The van der Waals surface area contributed by atoms with Crippen molar-refractivity contribution in [2.45, 2.75) is 70.5 Å². The Morgan fingerprint density at radius 2 is 1.89 bits per heavy atom. The number of aromatic amines is 1. The van der Waals surface area contributed by atoms with E-state index in [2.05, 4.69) is 53.0 Å². The van der Waals surface area contributed by atoms with Crippen LogP contribution in [0.15, 0.2) is 42.7 Å². The summed E-state index contributed by atoms with van der Waals surface area (Å²) in [6.45, 7) is 8.68. The molecule has 0 unspecified atom stereocenters. The molecule has 2 aromatic heterocycles. The Balaban J connectivity index is 1.60. The Hall–Kier alpha value is -3.53. The van der Waals surface area contributed by atoms with Crippen LogP contribution in [0.2, 0.25) is 0 Å². The summed E-state index contributed by atoms with van der Waals surface area (Å²) in [5.74, 6) is 0.798. The highest BCUT2D eigenvalue weighted by molar-refractivity contribution is 5.78. The molecule has 1 amide bonds. The third-order valence-corrected chi connectivity index (χ3v) is 7.31. The molecule has 1 aromatic carbocycles. The zero-order valence-corrected chi connectivity index (χ0v) is 22.6. The molecule has 0 saturated carbocycles. The number of halogens is 1. The highest BCUT2D eigenvalue weighted by Gasteiger charge is 2.48. The number of aromatic nitrogens is 4. The Bertz CT molecular complexity index is 1210. The van der Waals surface area contributed by atoms with Crippen LogP contribution >= 0.6 is 0 Å². The summed E-state index contributed by atoms with van der Waals surface area (Å²) in [6, 6.07) is 9.11. The first-order chi connectivity index (χ1) is 18.1. The molecule has 4 rings (SSSR count). The van der Waals surface area contributed by atoms with Gasteiger partial charge in [-0.3, -0.25) is 14.3 Å². The summed E-state index contributed by atoms with van der Waals surface area (Å²) in [4.78, 5) is 17.1. The largest absolute Gasteiger partial charge is 0.507 e. The summed E-state index contributed by atoms with van der Waals surface area (Å²) in [6.07, 6.45) is 5.54. The number of nitrogens with two attached hydrogens (primary N) is 1. The van der Waals surface area contributed by atoms with Crippen LogP contribution in [0.25, 0.3) is 22.4 Å². The molecular weight excluding hydrogens is 485 g/mol. The number of phenolic OH excluding ortho intramolecular Hbond substituents is 1. The predicted molar refractivity (Wildman–Crippen MR) is 146 cm³/mol. The fourth-order valence-electron chi connectivity index (χ4n) is 6.03. The standard InChI is InChI=1S/C28H38FN7O2/c1-27(2)15-21(16-28(3,4)36(27)26(38)10-12-30)35(13-5-11-29)25-9-8-23(33-34-25)22-7-6-19(14-24(22)37)20-17-31-32-18-20/h6-9,14,17-18,21,37H,5,10-13,15-16,30H2,1-4H3,(H,31,32). The minimum atomic E-state index is -0.431. The van der Waals surface area contributed by atoms with Gasteiger partial charge in [-0.1, -0.05) is 6.07 Å². The summed E-state index contributed by atoms with van der Waals surface area (Å²) in [7, 11) is 0. The van der Waals surface area contributed by atoms with Gasteiger partial charge in [0.25, 0.3) is 0 Å². The highest BCUT2D eigenvalue weighted by atomic mass is 19.1. The van der Waals surface area contributed by atoms with Crippen molar-refractivity contribution in [1.82, 2.24) is 25.3 Å². The second kappa shape index (κ2) is 11.1. The summed E-state index contributed by atoms with van der Waals surface area (Å²) < 4.78 is 13.3. The number of aromatic hydroxyl groups is 1. The molecule has 10 heteroatoms. The zero-order valence-electron chi connectivity index (χ0n) is 22.6. The highest BCUT2D eigenvalue weighted by Crippen LogP contribution is 2.42. The van der Waals surface area contributed by atoms with Crippen LogP contribution in [0.3, 0.4) is 0 Å². The number of hydrogen-bond donors (Lipinski definition) is 3. The van der Waals surface area contributed by atoms with Gasteiger partial charge in [-0.05, 0) is 76.8 Å².